The van der Waals surface area contributed by atoms with Crippen molar-refractivity contribution in [1.29, 1.82) is 0 Å². The number of nitrogens with zero attached hydrogens (tertiary/aromatic N) is 3. The molecule has 0 spiro atoms. The minimum atomic E-state index is 0.0965. The lowest BCUT2D eigenvalue weighted by atomic mass is 9.86. The SMILES string of the molecule is Cn1nc(C2CCCN(C3CCOCC3)C2)c2c3c(c(=O)[nH]c21)CCCC3. The summed E-state index contributed by atoms with van der Waals surface area (Å²) >= 11 is 0. The van der Waals surface area contributed by atoms with E-state index in [2.05, 4.69) is 9.88 Å². The van der Waals surface area contributed by atoms with E-state index in [4.69, 9.17) is 9.84 Å². The summed E-state index contributed by atoms with van der Waals surface area (Å²) in [5.74, 6) is 0.460. The average Bonchev–Trinajstić information content (AvgIpc) is 3.06. The van der Waals surface area contributed by atoms with Crippen molar-refractivity contribution >= 4 is 11.0 Å². The second-order valence-electron chi connectivity index (χ2n) is 8.53. The molecule has 27 heavy (non-hydrogen) atoms. The van der Waals surface area contributed by atoms with E-state index in [1.807, 2.05) is 11.7 Å². The Labute approximate surface area is 159 Å². The fourth-order valence-corrected chi connectivity index (χ4v) is 5.50. The number of nitrogens with one attached hydrogen (secondary N) is 1. The first kappa shape index (κ1) is 17.4. The molecular weight excluding hydrogens is 340 g/mol. The Morgan fingerprint density at radius 2 is 1.85 bits per heavy atom. The maximum Gasteiger partial charge on any atom is 0.253 e. The van der Waals surface area contributed by atoms with Crippen molar-refractivity contribution in [1.82, 2.24) is 19.7 Å². The van der Waals surface area contributed by atoms with Crippen LogP contribution in [0.1, 0.15) is 61.3 Å². The van der Waals surface area contributed by atoms with Gasteiger partial charge in [-0.25, -0.2) is 0 Å². The number of piperidine rings is 1. The number of aromatic nitrogens is 3. The van der Waals surface area contributed by atoms with Gasteiger partial charge in [-0.15, -0.1) is 0 Å². The Morgan fingerprint density at radius 1 is 1.07 bits per heavy atom. The molecule has 2 fully saturated rings. The van der Waals surface area contributed by atoms with Gasteiger partial charge in [0, 0.05) is 49.7 Å². The first-order valence-corrected chi connectivity index (χ1v) is 10.6. The van der Waals surface area contributed by atoms with Crippen LogP contribution < -0.4 is 5.56 Å². The zero-order valence-corrected chi connectivity index (χ0v) is 16.3. The molecule has 2 aromatic heterocycles. The second kappa shape index (κ2) is 7.06. The van der Waals surface area contributed by atoms with Crippen molar-refractivity contribution in [3.8, 4) is 0 Å². The van der Waals surface area contributed by atoms with E-state index in [1.54, 1.807) is 0 Å². The van der Waals surface area contributed by atoms with E-state index in [9.17, 15) is 4.79 Å². The minimum Gasteiger partial charge on any atom is -0.381 e. The number of aromatic amines is 1. The lowest BCUT2D eigenvalue weighted by Crippen LogP contribution is -2.44. The topological polar surface area (TPSA) is 63.1 Å². The molecule has 4 heterocycles. The van der Waals surface area contributed by atoms with Crippen LogP contribution in [0.3, 0.4) is 0 Å². The lowest BCUT2D eigenvalue weighted by Gasteiger charge is -2.39. The zero-order valence-electron chi connectivity index (χ0n) is 16.3. The van der Waals surface area contributed by atoms with E-state index < -0.39 is 0 Å². The number of hydrogen-bond donors (Lipinski definition) is 1. The van der Waals surface area contributed by atoms with Gasteiger partial charge in [-0.2, -0.15) is 5.10 Å². The number of fused-ring (bicyclic) bond motifs is 3. The van der Waals surface area contributed by atoms with Gasteiger partial charge in [-0.05, 0) is 63.5 Å². The minimum absolute atomic E-state index is 0.0965. The summed E-state index contributed by atoms with van der Waals surface area (Å²) in [6.07, 6.45) is 8.96. The molecule has 2 aliphatic heterocycles. The third-order valence-corrected chi connectivity index (χ3v) is 6.90. The number of rotatable bonds is 2. The van der Waals surface area contributed by atoms with Crippen molar-refractivity contribution in [3.63, 3.8) is 0 Å². The Hall–Kier alpha value is -1.66. The molecule has 1 atom stereocenters. The number of likely N-dealkylation sites (tertiary alicyclic amines) is 1. The molecular formula is C21H30N4O2. The van der Waals surface area contributed by atoms with Gasteiger partial charge in [-0.3, -0.25) is 14.4 Å². The monoisotopic (exact) mass is 370 g/mol. The van der Waals surface area contributed by atoms with Crippen molar-refractivity contribution in [2.24, 2.45) is 7.05 Å². The third-order valence-electron chi connectivity index (χ3n) is 6.90. The van der Waals surface area contributed by atoms with Crippen LogP contribution in [0.15, 0.2) is 4.79 Å². The number of ether oxygens (including phenoxy) is 1. The molecule has 5 rings (SSSR count). The molecule has 2 saturated heterocycles. The van der Waals surface area contributed by atoms with E-state index in [0.29, 0.717) is 12.0 Å². The second-order valence-corrected chi connectivity index (χ2v) is 8.53. The summed E-state index contributed by atoms with van der Waals surface area (Å²) in [7, 11) is 1.97. The highest BCUT2D eigenvalue weighted by Crippen LogP contribution is 2.36. The molecule has 6 heteroatoms. The van der Waals surface area contributed by atoms with Crippen LogP contribution in [0.25, 0.3) is 11.0 Å². The summed E-state index contributed by atoms with van der Waals surface area (Å²) in [6, 6.07) is 0.658. The van der Waals surface area contributed by atoms with Crippen molar-refractivity contribution in [2.75, 3.05) is 26.3 Å². The van der Waals surface area contributed by atoms with Gasteiger partial charge in [0.15, 0.2) is 0 Å². The molecule has 0 saturated carbocycles. The Kier molecular flexibility index (Phi) is 4.56. The van der Waals surface area contributed by atoms with Crippen LogP contribution in [0, 0.1) is 0 Å². The average molecular weight is 370 g/mol. The van der Waals surface area contributed by atoms with Crippen LogP contribution in [0.4, 0.5) is 0 Å². The van der Waals surface area contributed by atoms with Gasteiger partial charge >= 0.3 is 0 Å². The molecule has 3 aliphatic rings. The molecule has 0 amide bonds. The highest BCUT2D eigenvalue weighted by atomic mass is 16.5. The zero-order chi connectivity index (χ0) is 18.4. The van der Waals surface area contributed by atoms with E-state index in [1.165, 1.54) is 42.5 Å². The third kappa shape index (κ3) is 3.03. The van der Waals surface area contributed by atoms with Crippen LogP contribution >= 0.6 is 0 Å². The van der Waals surface area contributed by atoms with Crippen molar-refractivity contribution in [3.05, 3.63) is 27.2 Å². The smallest absolute Gasteiger partial charge is 0.253 e. The van der Waals surface area contributed by atoms with Gasteiger partial charge in [-0.1, -0.05) is 0 Å². The molecule has 0 bridgehead atoms. The highest BCUT2D eigenvalue weighted by Gasteiger charge is 2.32. The lowest BCUT2D eigenvalue weighted by molar-refractivity contribution is 0.0238. The molecule has 1 unspecified atom stereocenters. The molecule has 0 aromatic carbocycles. The maximum absolute atomic E-state index is 12.6. The van der Waals surface area contributed by atoms with E-state index in [0.717, 1.165) is 63.1 Å². The summed E-state index contributed by atoms with van der Waals surface area (Å²) in [4.78, 5) is 18.4. The van der Waals surface area contributed by atoms with E-state index >= 15 is 0 Å². The summed E-state index contributed by atoms with van der Waals surface area (Å²) in [5, 5.41) is 6.19. The van der Waals surface area contributed by atoms with Crippen LogP contribution in [-0.2, 0) is 24.6 Å². The first-order valence-electron chi connectivity index (χ1n) is 10.6. The van der Waals surface area contributed by atoms with Gasteiger partial charge in [0.25, 0.3) is 5.56 Å². The maximum atomic E-state index is 12.6. The standard InChI is InChI=1S/C21H30N4O2/c1-24-20-18(16-6-2-3-7-17(16)21(26)22-20)19(23-24)14-5-4-10-25(13-14)15-8-11-27-12-9-15/h14-15H,2-13H2,1H3,(H,22,26). The van der Waals surface area contributed by atoms with Crippen LogP contribution in [0.2, 0.25) is 0 Å². The Morgan fingerprint density at radius 3 is 2.67 bits per heavy atom. The van der Waals surface area contributed by atoms with Gasteiger partial charge in [0.1, 0.15) is 5.65 Å². The highest BCUT2D eigenvalue weighted by molar-refractivity contribution is 5.84. The summed E-state index contributed by atoms with van der Waals surface area (Å²) in [5.41, 5.74) is 4.53. The molecule has 146 valence electrons. The first-order chi connectivity index (χ1) is 13.2. The molecule has 1 aliphatic carbocycles. The van der Waals surface area contributed by atoms with Gasteiger partial charge in [0.2, 0.25) is 0 Å². The summed E-state index contributed by atoms with van der Waals surface area (Å²) in [6.45, 7) is 4.08. The quantitative estimate of drug-likeness (QED) is 0.882. The fraction of sp³-hybridized carbons (Fsp3) is 0.714. The summed E-state index contributed by atoms with van der Waals surface area (Å²) < 4.78 is 7.46. The van der Waals surface area contributed by atoms with Gasteiger partial charge in [0.05, 0.1) is 5.69 Å². The molecule has 6 nitrogen and oxygen atoms in total. The number of H-pyrrole nitrogens is 1. The van der Waals surface area contributed by atoms with Crippen LogP contribution in [-0.4, -0.2) is 52.0 Å². The predicted octanol–water partition coefficient (Wildman–Crippen LogP) is 2.50. The van der Waals surface area contributed by atoms with Crippen molar-refractivity contribution < 1.29 is 4.74 Å². The molecule has 0 radical (unpaired) electrons. The fourth-order valence-electron chi connectivity index (χ4n) is 5.50. The number of aryl methyl sites for hydroxylation is 2. The molecule has 2 aromatic rings. The van der Waals surface area contributed by atoms with Crippen LogP contribution in [0.5, 0.6) is 0 Å². The van der Waals surface area contributed by atoms with Crippen molar-refractivity contribution in [2.45, 2.75) is 63.3 Å². The van der Waals surface area contributed by atoms with Gasteiger partial charge < -0.3 is 9.72 Å². The largest absolute Gasteiger partial charge is 0.381 e. The predicted molar refractivity (Wildman–Crippen MR) is 105 cm³/mol. The Balaban J connectivity index is 1.53. The molecule has 1 N–H and O–H groups in total. The van der Waals surface area contributed by atoms with E-state index in [-0.39, 0.29) is 5.56 Å². The Bertz CT molecular complexity index is 894. The normalized spacial score (nSPS) is 25.0. The number of pyridine rings is 1. The number of hydrogen-bond acceptors (Lipinski definition) is 4.